The van der Waals surface area contributed by atoms with E-state index in [9.17, 15) is 10.2 Å². The highest BCUT2D eigenvalue weighted by Gasteiger charge is 2.31. The van der Waals surface area contributed by atoms with Crippen LogP contribution >= 0.6 is 0 Å². The molecule has 0 unspecified atom stereocenters. The summed E-state index contributed by atoms with van der Waals surface area (Å²) in [6.45, 7) is 9.53. The van der Waals surface area contributed by atoms with Gasteiger partial charge in [0.15, 0.2) is 0 Å². The highest BCUT2D eigenvalue weighted by Crippen LogP contribution is 2.38. The van der Waals surface area contributed by atoms with Crippen LogP contribution in [0, 0.1) is 0 Å². The molecule has 1 aliphatic carbocycles. The molecular formula is C46H48O4Si2. The van der Waals surface area contributed by atoms with Crippen molar-refractivity contribution in [1.82, 2.24) is 0 Å². The van der Waals surface area contributed by atoms with Crippen LogP contribution in [0.3, 0.4) is 0 Å². The van der Waals surface area contributed by atoms with Crippen molar-refractivity contribution in [1.29, 1.82) is 0 Å². The van der Waals surface area contributed by atoms with Crippen LogP contribution in [0.4, 0.5) is 0 Å². The van der Waals surface area contributed by atoms with Crippen molar-refractivity contribution >= 4 is 36.9 Å². The summed E-state index contributed by atoms with van der Waals surface area (Å²) < 4.78 is 12.4. The lowest BCUT2D eigenvalue weighted by molar-refractivity contribution is 0.404. The molecule has 7 rings (SSSR count). The topological polar surface area (TPSA) is 58.9 Å². The van der Waals surface area contributed by atoms with Crippen molar-refractivity contribution in [2.75, 3.05) is 14.2 Å². The molecule has 1 aliphatic rings. The summed E-state index contributed by atoms with van der Waals surface area (Å²) in [5.74, 6) is 2.21. The van der Waals surface area contributed by atoms with Crippen LogP contribution in [0.15, 0.2) is 121 Å². The van der Waals surface area contributed by atoms with Gasteiger partial charge >= 0.3 is 0 Å². The maximum atomic E-state index is 12.1. The van der Waals surface area contributed by atoms with Crippen molar-refractivity contribution in [2.45, 2.75) is 51.9 Å². The van der Waals surface area contributed by atoms with Crippen LogP contribution in [0.2, 0.25) is 26.2 Å². The summed E-state index contributed by atoms with van der Waals surface area (Å²) in [5.41, 5.74) is 7.51. The van der Waals surface area contributed by atoms with Gasteiger partial charge < -0.3 is 19.7 Å². The third-order valence-corrected chi connectivity index (χ3v) is 18.3. The summed E-state index contributed by atoms with van der Waals surface area (Å²) in [4.78, 5) is 0. The van der Waals surface area contributed by atoms with Gasteiger partial charge in [0.2, 0.25) is 0 Å². The first-order valence-corrected chi connectivity index (χ1v) is 24.1. The minimum atomic E-state index is -2.14. The smallest absolute Gasteiger partial charge is 0.125 e. The van der Waals surface area contributed by atoms with Crippen molar-refractivity contribution in [2.24, 2.45) is 0 Å². The number of hydrogen-bond donors (Lipinski definition) is 2. The zero-order valence-corrected chi connectivity index (χ0v) is 33.1. The summed E-state index contributed by atoms with van der Waals surface area (Å²) in [7, 11) is -0.836. The predicted molar refractivity (Wildman–Crippen MR) is 220 cm³/mol. The van der Waals surface area contributed by atoms with Crippen LogP contribution < -0.4 is 30.2 Å². The zero-order chi connectivity index (χ0) is 36.6. The Morgan fingerprint density at radius 2 is 0.673 bits per heavy atom. The molecule has 0 saturated carbocycles. The number of phenolic OH excluding ortho intramolecular Hbond substituents is 2. The van der Waals surface area contributed by atoms with Gasteiger partial charge in [-0.1, -0.05) is 168 Å². The van der Waals surface area contributed by atoms with Crippen molar-refractivity contribution in [3.05, 3.63) is 166 Å². The molecule has 0 heterocycles. The van der Waals surface area contributed by atoms with E-state index in [-0.39, 0.29) is 0 Å². The van der Waals surface area contributed by atoms with Gasteiger partial charge in [-0.3, -0.25) is 0 Å². The van der Waals surface area contributed by atoms with E-state index in [2.05, 4.69) is 148 Å². The van der Waals surface area contributed by atoms with Gasteiger partial charge in [0, 0.05) is 25.7 Å². The van der Waals surface area contributed by atoms with E-state index in [1.54, 1.807) is 14.2 Å². The molecule has 2 N–H and O–H groups in total. The fraction of sp³-hybridized carbons (Fsp3) is 0.217. The molecule has 0 aliphatic heterocycles. The number of phenols is 2. The lowest BCUT2D eigenvalue weighted by Gasteiger charge is -2.27. The number of rotatable bonds is 6. The minimum Gasteiger partial charge on any atom is -0.507 e. The van der Waals surface area contributed by atoms with Crippen molar-refractivity contribution in [3.63, 3.8) is 0 Å². The maximum Gasteiger partial charge on any atom is 0.125 e. The van der Waals surface area contributed by atoms with E-state index in [4.69, 9.17) is 9.47 Å². The second-order valence-electron chi connectivity index (χ2n) is 15.2. The van der Waals surface area contributed by atoms with Gasteiger partial charge in [-0.2, -0.15) is 0 Å². The van der Waals surface area contributed by atoms with E-state index < -0.39 is 16.1 Å². The summed E-state index contributed by atoms with van der Waals surface area (Å²) in [6, 6.07) is 42.9. The largest absolute Gasteiger partial charge is 0.507 e. The predicted octanol–water partition coefficient (Wildman–Crippen LogP) is 7.44. The zero-order valence-electron chi connectivity index (χ0n) is 31.1. The third-order valence-electron chi connectivity index (χ3n) is 11.3. The molecule has 0 saturated heterocycles. The molecule has 6 aromatic carbocycles. The molecule has 8 bridgehead atoms. The van der Waals surface area contributed by atoms with Gasteiger partial charge in [-0.05, 0) is 44.5 Å². The van der Waals surface area contributed by atoms with Crippen molar-refractivity contribution in [3.8, 4) is 23.0 Å². The molecule has 0 aromatic heterocycles. The van der Waals surface area contributed by atoms with E-state index in [1.807, 2.05) is 0 Å². The normalized spacial score (nSPS) is 13.0. The molecule has 0 atom stereocenters. The SMILES string of the molecule is COc1c2cccc1Cc1cc([Si](C)(C)c3ccccc3)cc(c1O)Cc1cccc(c1OC)Cc1cc([Si](C)(C)c3ccccc3)cc(c1O)C2. The molecule has 6 heteroatoms. The average Bonchev–Trinajstić information content (AvgIpc) is 3.15. The number of fused-ring (bicyclic) bond motifs is 8. The fourth-order valence-corrected chi connectivity index (χ4v) is 12.9. The Morgan fingerprint density at radius 1 is 0.385 bits per heavy atom. The van der Waals surface area contributed by atoms with Gasteiger partial charge in [-0.25, -0.2) is 0 Å². The standard InChI is InChI=1S/C46H48O4Si2/c1-49-45-31-15-13-16-32(45)24-36-28-42(52(5,6)40-21-11-8-12-22-40)30-38(44(36)48)26-34-18-14-17-33(46(34)50-2)25-37-29-41(27-35(23-31)43(37)47)51(3,4)39-19-9-7-10-20-39/h7-22,27-30,47-48H,23-26H2,1-6H3. The first-order chi connectivity index (χ1) is 25.0. The first-order valence-electron chi connectivity index (χ1n) is 18.1. The molecule has 4 nitrogen and oxygen atoms in total. The fourth-order valence-electron chi connectivity index (χ4n) is 8.00. The number of benzene rings is 6. The Balaban J connectivity index is 1.46. The lowest BCUT2D eigenvalue weighted by Crippen LogP contribution is -2.53. The molecule has 52 heavy (non-hydrogen) atoms. The molecular weight excluding hydrogens is 673 g/mol. The summed E-state index contributed by atoms with van der Waals surface area (Å²) >= 11 is 0. The highest BCUT2D eigenvalue weighted by atomic mass is 28.3. The Bertz CT molecular complexity index is 1990. The minimum absolute atomic E-state index is 0.314. The quantitative estimate of drug-likeness (QED) is 0.176. The Morgan fingerprint density at radius 3 is 0.942 bits per heavy atom. The van der Waals surface area contributed by atoms with Gasteiger partial charge in [-0.15, -0.1) is 0 Å². The third kappa shape index (κ3) is 6.57. The van der Waals surface area contributed by atoms with Crippen LogP contribution in [0.5, 0.6) is 23.0 Å². The van der Waals surface area contributed by atoms with E-state index in [0.717, 1.165) is 56.0 Å². The second-order valence-corrected chi connectivity index (χ2v) is 24.0. The molecule has 264 valence electrons. The maximum absolute atomic E-state index is 12.1. The number of methoxy groups -OCH3 is 2. The molecule has 0 fully saturated rings. The monoisotopic (exact) mass is 720 g/mol. The van der Waals surface area contributed by atoms with Crippen LogP contribution in [-0.4, -0.2) is 40.6 Å². The van der Waals surface area contributed by atoms with Gasteiger partial charge in [0.1, 0.15) is 39.1 Å². The van der Waals surface area contributed by atoms with Crippen LogP contribution in [0.25, 0.3) is 0 Å². The van der Waals surface area contributed by atoms with Gasteiger partial charge in [0.05, 0.1) is 14.2 Å². The summed E-state index contributed by atoms with van der Waals surface area (Å²) in [5, 5.41) is 29.3. The van der Waals surface area contributed by atoms with Crippen molar-refractivity contribution < 1.29 is 19.7 Å². The Hall–Kier alpha value is -5.05. The van der Waals surface area contributed by atoms with E-state index >= 15 is 0 Å². The molecule has 0 radical (unpaired) electrons. The lowest BCUT2D eigenvalue weighted by atomic mass is 9.91. The molecule has 6 aromatic rings. The Kier molecular flexibility index (Phi) is 9.64. The molecule has 0 spiro atoms. The average molecular weight is 721 g/mol. The first kappa shape index (κ1) is 35.4. The number of hydrogen-bond acceptors (Lipinski definition) is 4. The molecule has 0 amide bonds. The van der Waals surface area contributed by atoms with Crippen LogP contribution in [-0.2, 0) is 25.7 Å². The number of ether oxygens (including phenoxy) is 2. The van der Waals surface area contributed by atoms with Crippen LogP contribution in [0.1, 0.15) is 44.5 Å². The van der Waals surface area contributed by atoms with Gasteiger partial charge in [0.25, 0.3) is 0 Å². The summed E-state index contributed by atoms with van der Waals surface area (Å²) in [6.07, 6.45) is 2.02. The Labute approximate surface area is 310 Å². The van der Waals surface area contributed by atoms with E-state index in [0.29, 0.717) is 37.2 Å². The van der Waals surface area contributed by atoms with E-state index in [1.165, 1.54) is 20.7 Å². The highest BCUT2D eigenvalue weighted by molar-refractivity contribution is 7.01. The second kappa shape index (κ2) is 14.2. The number of para-hydroxylation sites is 2. The number of aromatic hydroxyl groups is 2.